The molecule has 0 saturated heterocycles. The van der Waals surface area contributed by atoms with Crippen molar-refractivity contribution in [2.75, 3.05) is 0 Å². The highest BCUT2D eigenvalue weighted by Crippen LogP contribution is 2.30. The fourth-order valence-corrected chi connectivity index (χ4v) is 1.86. The molecule has 0 heterocycles. The summed E-state index contributed by atoms with van der Waals surface area (Å²) in [6.07, 6.45) is 5.96. The van der Waals surface area contributed by atoms with Gasteiger partial charge in [-0.3, -0.25) is 0 Å². The third kappa shape index (κ3) is 2.47. The minimum Gasteiger partial charge on any atom is -0.318 e. The molecule has 0 spiro atoms. The van der Waals surface area contributed by atoms with Crippen molar-refractivity contribution in [3.63, 3.8) is 0 Å². The first-order valence-electron chi connectivity index (χ1n) is 5.19. The van der Waals surface area contributed by atoms with Crippen LogP contribution in [0.2, 0.25) is 0 Å². The van der Waals surface area contributed by atoms with Gasteiger partial charge in [0.15, 0.2) is 0 Å². The molecule has 14 heavy (non-hydrogen) atoms. The van der Waals surface area contributed by atoms with Crippen LogP contribution in [-0.2, 0) is 9.63 Å². The molecule has 2 fully saturated rings. The van der Waals surface area contributed by atoms with Crippen molar-refractivity contribution >= 4 is 23.3 Å². The monoisotopic (exact) mass is 215 g/mol. The van der Waals surface area contributed by atoms with Crippen molar-refractivity contribution in [2.24, 2.45) is 11.1 Å². The summed E-state index contributed by atoms with van der Waals surface area (Å²) in [5.41, 5.74) is 0.840. The van der Waals surface area contributed by atoms with E-state index in [1.54, 1.807) is 0 Å². The molecule has 78 valence electrons. The maximum atomic E-state index is 11.2. The SMILES string of the molecule is O=C(ON=C1CCCCC1Cl)C1CC1. The van der Waals surface area contributed by atoms with E-state index >= 15 is 0 Å². The molecule has 1 unspecified atom stereocenters. The lowest BCUT2D eigenvalue weighted by Gasteiger charge is -2.17. The van der Waals surface area contributed by atoms with E-state index in [4.69, 9.17) is 16.4 Å². The Hall–Kier alpha value is -0.570. The molecule has 3 nitrogen and oxygen atoms in total. The molecular formula is C10H14ClNO2. The standard InChI is InChI=1S/C10H14ClNO2/c11-8-3-1-2-4-9(8)12-14-10(13)7-5-6-7/h7-8H,1-6H2. The largest absolute Gasteiger partial charge is 0.338 e. The van der Waals surface area contributed by atoms with Gasteiger partial charge >= 0.3 is 5.97 Å². The van der Waals surface area contributed by atoms with Gasteiger partial charge in [0.1, 0.15) is 0 Å². The van der Waals surface area contributed by atoms with Crippen molar-refractivity contribution in [3.05, 3.63) is 0 Å². The second-order valence-electron chi connectivity index (χ2n) is 3.98. The van der Waals surface area contributed by atoms with Crippen molar-refractivity contribution in [3.8, 4) is 0 Å². The number of halogens is 1. The van der Waals surface area contributed by atoms with E-state index in [1.165, 1.54) is 0 Å². The minimum atomic E-state index is -0.188. The number of alkyl halides is 1. The van der Waals surface area contributed by atoms with E-state index in [1.807, 2.05) is 0 Å². The van der Waals surface area contributed by atoms with E-state index in [0.29, 0.717) is 0 Å². The summed E-state index contributed by atoms with van der Waals surface area (Å²) in [6, 6.07) is 0. The molecule has 0 radical (unpaired) electrons. The smallest absolute Gasteiger partial charge is 0.318 e. The van der Waals surface area contributed by atoms with E-state index in [2.05, 4.69) is 5.16 Å². The van der Waals surface area contributed by atoms with Crippen molar-refractivity contribution in [1.29, 1.82) is 0 Å². The third-order valence-corrected chi connectivity index (χ3v) is 3.14. The topological polar surface area (TPSA) is 38.7 Å². The van der Waals surface area contributed by atoms with Gasteiger partial charge in [0, 0.05) is 0 Å². The van der Waals surface area contributed by atoms with E-state index in [-0.39, 0.29) is 17.3 Å². The molecule has 4 heteroatoms. The van der Waals surface area contributed by atoms with Crippen LogP contribution in [0.25, 0.3) is 0 Å². The van der Waals surface area contributed by atoms with Crippen LogP contribution in [0, 0.1) is 5.92 Å². The van der Waals surface area contributed by atoms with Crippen molar-refractivity contribution in [1.82, 2.24) is 0 Å². The van der Waals surface area contributed by atoms with Gasteiger partial charge in [0.25, 0.3) is 0 Å². The second-order valence-corrected chi connectivity index (χ2v) is 4.51. The summed E-state index contributed by atoms with van der Waals surface area (Å²) in [5.74, 6) is -0.0799. The fraction of sp³-hybridized carbons (Fsp3) is 0.800. The van der Waals surface area contributed by atoms with Gasteiger partial charge in [-0.2, -0.15) is 0 Å². The summed E-state index contributed by atoms with van der Waals surface area (Å²) in [5, 5.41) is 3.83. The number of carbonyl (C=O) groups is 1. The maximum Gasteiger partial charge on any atom is 0.338 e. The molecule has 2 aliphatic rings. The molecule has 0 bridgehead atoms. The first-order valence-corrected chi connectivity index (χ1v) is 5.62. The van der Waals surface area contributed by atoms with Crippen LogP contribution in [0.4, 0.5) is 0 Å². The van der Waals surface area contributed by atoms with Crippen LogP contribution in [0.15, 0.2) is 5.16 Å². The molecule has 0 aliphatic heterocycles. The summed E-state index contributed by atoms with van der Waals surface area (Å²) in [4.78, 5) is 16.0. The van der Waals surface area contributed by atoms with Gasteiger partial charge in [-0.25, -0.2) is 4.79 Å². The maximum absolute atomic E-state index is 11.2. The lowest BCUT2D eigenvalue weighted by molar-refractivity contribution is -0.145. The Kier molecular flexibility index (Phi) is 3.06. The van der Waals surface area contributed by atoms with Crippen LogP contribution < -0.4 is 0 Å². The zero-order chi connectivity index (χ0) is 9.97. The van der Waals surface area contributed by atoms with Crippen LogP contribution in [0.5, 0.6) is 0 Å². The normalized spacial score (nSPS) is 30.4. The molecular weight excluding hydrogens is 202 g/mol. The predicted molar refractivity (Wildman–Crippen MR) is 54.4 cm³/mol. The molecule has 2 saturated carbocycles. The Labute approximate surface area is 88.4 Å². The lowest BCUT2D eigenvalue weighted by atomic mass is 9.98. The third-order valence-electron chi connectivity index (χ3n) is 2.67. The van der Waals surface area contributed by atoms with Gasteiger partial charge in [-0.05, 0) is 32.1 Å². The summed E-state index contributed by atoms with van der Waals surface area (Å²) < 4.78 is 0. The Morgan fingerprint density at radius 2 is 2.14 bits per heavy atom. The Morgan fingerprint density at radius 1 is 1.36 bits per heavy atom. The van der Waals surface area contributed by atoms with Crippen LogP contribution in [-0.4, -0.2) is 17.1 Å². The minimum absolute atomic E-state index is 0.0317. The zero-order valence-corrected chi connectivity index (χ0v) is 8.79. The Balaban J connectivity index is 1.85. The number of rotatable bonds is 2. The molecule has 0 N–H and O–H groups in total. The van der Waals surface area contributed by atoms with Crippen molar-refractivity contribution in [2.45, 2.75) is 43.9 Å². The second kappa shape index (κ2) is 4.30. The summed E-state index contributed by atoms with van der Waals surface area (Å²) in [7, 11) is 0. The predicted octanol–water partition coefficient (Wildman–Crippen LogP) is 2.48. The number of oxime groups is 1. The van der Waals surface area contributed by atoms with Crippen molar-refractivity contribution < 1.29 is 9.63 Å². The van der Waals surface area contributed by atoms with Gasteiger partial charge in [-0.1, -0.05) is 11.6 Å². The van der Waals surface area contributed by atoms with Gasteiger partial charge in [0.05, 0.1) is 17.0 Å². The Morgan fingerprint density at radius 3 is 2.79 bits per heavy atom. The number of hydrogen-bond acceptors (Lipinski definition) is 3. The zero-order valence-electron chi connectivity index (χ0n) is 8.04. The fourth-order valence-electron chi connectivity index (χ4n) is 1.55. The van der Waals surface area contributed by atoms with E-state index in [0.717, 1.165) is 44.2 Å². The molecule has 0 aromatic carbocycles. The highest BCUT2D eigenvalue weighted by Gasteiger charge is 2.32. The molecule has 0 amide bonds. The first kappa shape index (κ1) is 9.97. The van der Waals surface area contributed by atoms with Crippen LogP contribution in [0.1, 0.15) is 38.5 Å². The molecule has 2 aliphatic carbocycles. The van der Waals surface area contributed by atoms with Crippen LogP contribution >= 0.6 is 11.6 Å². The number of nitrogens with zero attached hydrogens (tertiary/aromatic N) is 1. The average molecular weight is 216 g/mol. The van der Waals surface area contributed by atoms with E-state index in [9.17, 15) is 4.79 Å². The lowest BCUT2D eigenvalue weighted by Crippen LogP contribution is -2.20. The summed E-state index contributed by atoms with van der Waals surface area (Å²) >= 11 is 6.04. The molecule has 0 aromatic heterocycles. The molecule has 2 rings (SSSR count). The van der Waals surface area contributed by atoms with Gasteiger partial charge in [0.2, 0.25) is 0 Å². The molecule has 0 aromatic rings. The highest BCUT2D eigenvalue weighted by atomic mass is 35.5. The molecule has 1 atom stereocenters. The van der Waals surface area contributed by atoms with Gasteiger partial charge in [-0.15, -0.1) is 11.6 Å². The quantitative estimate of drug-likeness (QED) is 0.403. The Bertz CT molecular complexity index is 261. The number of carbonyl (C=O) groups excluding carboxylic acids is 1. The first-order chi connectivity index (χ1) is 6.77. The van der Waals surface area contributed by atoms with E-state index < -0.39 is 0 Å². The van der Waals surface area contributed by atoms with Gasteiger partial charge < -0.3 is 4.84 Å². The number of hydrogen-bond donors (Lipinski definition) is 0. The van der Waals surface area contributed by atoms with Crippen LogP contribution in [0.3, 0.4) is 0 Å². The average Bonchev–Trinajstić information content (AvgIpc) is 2.99. The summed E-state index contributed by atoms with van der Waals surface area (Å²) in [6.45, 7) is 0. The highest BCUT2D eigenvalue weighted by molar-refractivity contribution is 6.32.